The van der Waals surface area contributed by atoms with E-state index in [0.717, 1.165) is 17.9 Å². The molecule has 1 aromatic carbocycles. The molecule has 0 unspecified atom stereocenters. The lowest BCUT2D eigenvalue weighted by Gasteiger charge is -2.28. The van der Waals surface area contributed by atoms with Gasteiger partial charge in [0, 0.05) is 19.5 Å². The Balaban J connectivity index is 2.43. The van der Waals surface area contributed by atoms with Crippen molar-refractivity contribution in [3.8, 4) is 5.75 Å². The van der Waals surface area contributed by atoms with E-state index < -0.39 is 0 Å². The summed E-state index contributed by atoms with van der Waals surface area (Å²) in [4.78, 5) is 14.2. The zero-order valence-corrected chi connectivity index (χ0v) is 14.6. The number of aryl methyl sites for hydroxylation is 1. The van der Waals surface area contributed by atoms with Crippen molar-refractivity contribution in [3.63, 3.8) is 0 Å². The average Bonchev–Trinajstić information content (AvgIpc) is 2.43. The average molecular weight is 306 g/mol. The van der Waals surface area contributed by atoms with Crippen LogP contribution in [-0.4, -0.2) is 44.6 Å². The second-order valence-corrected chi connectivity index (χ2v) is 6.72. The third kappa shape index (κ3) is 6.94. The third-order valence-electron chi connectivity index (χ3n) is 3.40. The smallest absolute Gasteiger partial charge is 0.220 e. The van der Waals surface area contributed by atoms with Crippen molar-refractivity contribution >= 4 is 5.91 Å². The van der Waals surface area contributed by atoms with Gasteiger partial charge in [-0.2, -0.15) is 0 Å². The number of carbonyl (C=O) groups is 1. The number of amides is 1. The highest BCUT2D eigenvalue weighted by molar-refractivity contribution is 5.76. The molecule has 0 saturated heterocycles. The summed E-state index contributed by atoms with van der Waals surface area (Å²) in [5.41, 5.74) is 1.16. The van der Waals surface area contributed by atoms with Gasteiger partial charge in [-0.1, -0.05) is 32.0 Å². The second-order valence-electron chi connectivity index (χ2n) is 6.72. The molecule has 0 heterocycles. The number of nitrogens with zero attached hydrogens (tertiary/aromatic N) is 1. The van der Waals surface area contributed by atoms with E-state index in [1.165, 1.54) is 0 Å². The van der Waals surface area contributed by atoms with Crippen LogP contribution in [0.4, 0.5) is 0 Å². The Kier molecular flexibility index (Phi) is 7.39. The van der Waals surface area contributed by atoms with Crippen LogP contribution in [0.1, 0.15) is 32.8 Å². The summed E-state index contributed by atoms with van der Waals surface area (Å²) in [7, 11) is 4.10. The summed E-state index contributed by atoms with van der Waals surface area (Å²) < 4.78 is 5.59. The molecule has 22 heavy (non-hydrogen) atoms. The predicted molar refractivity (Wildman–Crippen MR) is 91.3 cm³/mol. The van der Waals surface area contributed by atoms with Crippen molar-refractivity contribution in [2.75, 3.05) is 33.8 Å². The largest absolute Gasteiger partial charge is 0.494 e. The van der Waals surface area contributed by atoms with E-state index in [0.29, 0.717) is 26.0 Å². The first kappa shape index (κ1) is 18.5. The van der Waals surface area contributed by atoms with E-state index in [-0.39, 0.29) is 11.3 Å². The Hall–Kier alpha value is -1.55. The number of para-hydroxylation sites is 1. The van der Waals surface area contributed by atoms with Crippen molar-refractivity contribution in [3.05, 3.63) is 29.8 Å². The van der Waals surface area contributed by atoms with Gasteiger partial charge in [0.1, 0.15) is 5.75 Å². The lowest BCUT2D eigenvalue weighted by Crippen LogP contribution is -2.40. The molecule has 0 aromatic heterocycles. The molecule has 0 aliphatic rings. The minimum atomic E-state index is 0.0718. The molecule has 0 saturated carbocycles. The second kappa shape index (κ2) is 8.79. The monoisotopic (exact) mass is 306 g/mol. The summed E-state index contributed by atoms with van der Waals surface area (Å²) in [5, 5.41) is 3.04. The van der Waals surface area contributed by atoms with E-state index in [4.69, 9.17) is 4.74 Å². The molecule has 1 N–H and O–H groups in total. The molecule has 0 aliphatic heterocycles. The fourth-order valence-corrected chi connectivity index (χ4v) is 2.59. The van der Waals surface area contributed by atoms with Crippen molar-refractivity contribution in [2.24, 2.45) is 5.41 Å². The minimum Gasteiger partial charge on any atom is -0.494 e. The molecule has 0 spiro atoms. The zero-order chi connectivity index (χ0) is 16.6. The van der Waals surface area contributed by atoms with Gasteiger partial charge in [-0.25, -0.2) is 0 Å². The number of rotatable bonds is 9. The number of ether oxygens (including phenoxy) is 1. The fourth-order valence-electron chi connectivity index (χ4n) is 2.59. The highest BCUT2D eigenvalue weighted by Crippen LogP contribution is 2.19. The van der Waals surface area contributed by atoms with Gasteiger partial charge in [0.05, 0.1) is 6.61 Å². The summed E-state index contributed by atoms with van der Waals surface area (Å²) in [6, 6.07) is 7.92. The molecule has 1 aromatic rings. The van der Waals surface area contributed by atoms with Gasteiger partial charge in [-0.15, -0.1) is 0 Å². The maximum Gasteiger partial charge on any atom is 0.220 e. The summed E-state index contributed by atoms with van der Waals surface area (Å²) >= 11 is 0. The van der Waals surface area contributed by atoms with Crippen LogP contribution in [0.2, 0.25) is 0 Å². The van der Waals surface area contributed by atoms with Gasteiger partial charge in [0.25, 0.3) is 0 Å². The van der Waals surface area contributed by atoms with Crippen LogP contribution in [0, 0.1) is 5.41 Å². The maximum absolute atomic E-state index is 12.1. The number of hydrogen-bond acceptors (Lipinski definition) is 3. The number of nitrogens with one attached hydrogen (secondary N) is 1. The number of benzene rings is 1. The van der Waals surface area contributed by atoms with Gasteiger partial charge in [-0.3, -0.25) is 4.79 Å². The molecule has 0 atom stereocenters. The first-order valence-electron chi connectivity index (χ1n) is 7.96. The lowest BCUT2D eigenvalue weighted by molar-refractivity contribution is -0.121. The van der Waals surface area contributed by atoms with Crippen molar-refractivity contribution < 1.29 is 9.53 Å². The number of carbonyl (C=O) groups excluding carboxylic acids is 1. The topological polar surface area (TPSA) is 41.6 Å². The van der Waals surface area contributed by atoms with E-state index in [1.807, 2.05) is 45.3 Å². The van der Waals surface area contributed by atoms with Gasteiger partial charge < -0.3 is 15.0 Å². The summed E-state index contributed by atoms with van der Waals surface area (Å²) in [5.74, 6) is 0.976. The standard InChI is InChI=1S/C18H30N2O2/c1-6-22-16-10-8-7-9-15(16)11-12-17(21)19-13-18(2,3)14-20(4)5/h7-10H,6,11-14H2,1-5H3,(H,19,21). The van der Waals surface area contributed by atoms with E-state index in [9.17, 15) is 4.79 Å². The minimum absolute atomic E-state index is 0.0718. The highest BCUT2D eigenvalue weighted by atomic mass is 16.5. The van der Waals surface area contributed by atoms with Crippen LogP contribution in [0.5, 0.6) is 5.75 Å². The Morgan fingerprint density at radius 2 is 1.95 bits per heavy atom. The van der Waals surface area contributed by atoms with Crippen LogP contribution in [0.25, 0.3) is 0 Å². The highest BCUT2D eigenvalue weighted by Gasteiger charge is 2.19. The van der Waals surface area contributed by atoms with Gasteiger partial charge in [0.15, 0.2) is 0 Å². The van der Waals surface area contributed by atoms with Crippen molar-refractivity contribution in [1.82, 2.24) is 10.2 Å². The van der Waals surface area contributed by atoms with Gasteiger partial charge in [-0.05, 0) is 44.5 Å². The normalized spacial score (nSPS) is 11.5. The Morgan fingerprint density at radius 3 is 2.59 bits per heavy atom. The molecule has 0 bridgehead atoms. The number of hydrogen-bond donors (Lipinski definition) is 1. The van der Waals surface area contributed by atoms with Crippen LogP contribution in [-0.2, 0) is 11.2 Å². The predicted octanol–water partition coefficient (Wildman–Crippen LogP) is 2.72. The Morgan fingerprint density at radius 1 is 1.27 bits per heavy atom. The van der Waals surface area contributed by atoms with Crippen LogP contribution in [0.3, 0.4) is 0 Å². The van der Waals surface area contributed by atoms with E-state index >= 15 is 0 Å². The van der Waals surface area contributed by atoms with E-state index in [2.05, 4.69) is 24.1 Å². The fraction of sp³-hybridized carbons (Fsp3) is 0.611. The van der Waals surface area contributed by atoms with Gasteiger partial charge in [0.2, 0.25) is 5.91 Å². The SMILES string of the molecule is CCOc1ccccc1CCC(=O)NCC(C)(C)CN(C)C. The van der Waals surface area contributed by atoms with Crippen LogP contribution in [0.15, 0.2) is 24.3 Å². The summed E-state index contributed by atoms with van der Waals surface area (Å²) in [6.07, 6.45) is 1.19. The molecular formula is C18H30N2O2. The van der Waals surface area contributed by atoms with Gasteiger partial charge >= 0.3 is 0 Å². The molecule has 0 fully saturated rings. The van der Waals surface area contributed by atoms with Crippen LogP contribution >= 0.6 is 0 Å². The first-order valence-corrected chi connectivity index (χ1v) is 7.96. The molecule has 1 amide bonds. The summed E-state index contributed by atoms with van der Waals surface area (Å²) in [6.45, 7) is 8.57. The lowest BCUT2D eigenvalue weighted by atomic mass is 9.93. The Labute approximate surface area is 134 Å². The quantitative estimate of drug-likeness (QED) is 0.763. The van der Waals surface area contributed by atoms with Crippen molar-refractivity contribution in [2.45, 2.75) is 33.6 Å². The molecule has 4 nitrogen and oxygen atoms in total. The maximum atomic E-state index is 12.1. The van der Waals surface area contributed by atoms with E-state index in [1.54, 1.807) is 0 Å². The molecule has 1 rings (SSSR count). The van der Waals surface area contributed by atoms with Crippen LogP contribution < -0.4 is 10.1 Å². The first-order chi connectivity index (χ1) is 10.3. The molecular weight excluding hydrogens is 276 g/mol. The van der Waals surface area contributed by atoms with Crippen molar-refractivity contribution in [1.29, 1.82) is 0 Å². The Bertz CT molecular complexity index is 470. The third-order valence-corrected chi connectivity index (χ3v) is 3.40. The molecule has 0 radical (unpaired) electrons. The molecule has 124 valence electrons. The molecule has 0 aliphatic carbocycles. The molecule has 4 heteroatoms. The zero-order valence-electron chi connectivity index (χ0n) is 14.6.